The van der Waals surface area contributed by atoms with Gasteiger partial charge in [-0.05, 0) is 39.1 Å². The maximum atomic E-state index is 5.11. The second-order valence-electron chi connectivity index (χ2n) is 4.96. The first-order valence-corrected chi connectivity index (χ1v) is 6.50. The van der Waals surface area contributed by atoms with E-state index < -0.39 is 0 Å². The van der Waals surface area contributed by atoms with E-state index in [2.05, 4.69) is 49.3 Å². The van der Waals surface area contributed by atoms with Crippen molar-refractivity contribution in [3.05, 3.63) is 34.9 Å². The summed E-state index contributed by atoms with van der Waals surface area (Å²) < 4.78 is 5.11. The van der Waals surface area contributed by atoms with E-state index in [-0.39, 0.29) is 0 Å². The topological polar surface area (TPSA) is 24.5 Å². The van der Waals surface area contributed by atoms with Gasteiger partial charge in [-0.2, -0.15) is 0 Å². The van der Waals surface area contributed by atoms with Crippen molar-refractivity contribution in [2.24, 2.45) is 0 Å². The first-order chi connectivity index (χ1) is 8.58. The van der Waals surface area contributed by atoms with Crippen molar-refractivity contribution >= 4 is 0 Å². The quantitative estimate of drug-likeness (QED) is 0.802. The molecule has 3 heteroatoms. The van der Waals surface area contributed by atoms with Gasteiger partial charge in [-0.1, -0.05) is 23.8 Å². The molecule has 0 amide bonds. The second-order valence-corrected chi connectivity index (χ2v) is 4.96. The van der Waals surface area contributed by atoms with Crippen LogP contribution in [0.4, 0.5) is 0 Å². The zero-order chi connectivity index (χ0) is 13.5. The number of aryl methyl sites for hydroxylation is 2. The fraction of sp³-hybridized carbons (Fsp3) is 0.600. The van der Waals surface area contributed by atoms with Gasteiger partial charge in [0.25, 0.3) is 0 Å². The minimum atomic E-state index is 0.367. The highest BCUT2D eigenvalue weighted by Crippen LogP contribution is 2.19. The number of ether oxygens (including phenoxy) is 1. The maximum absolute atomic E-state index is 5.11. The summed E-state index contributed by atoms with van der Waals surface area (Å²) in [5.74, 6) is 0. The predicted molar refractivity (Wildman–Crippen MR) is 77.1 cm³/mol. The van der Waals surface area contributed by atoms with Crippen molar-refractivity contribution in [3.63, 3.8) is 0 Å². The van der Waals surface area contributed by atoms with Crippen LogP contribution in [0.25, 0.3) is 0 Å². The van der Waals surface area contributed by atoms with Gasteiger partial charge in [0.15, 0.2) is 0 Å². The lowest BCUT2D eigenvalue weighted by atomic mass is 9.98. The third-order valence-corrected chi connectivity index (χ3v) is 3.33. The van der Waals surface area contributed by atoms with Crippen LogP contribution in [0.2, 0.25) is 0 Å². The zero-order valence-corrected chi connectivity index (χ0v) is 12.3. The molecule has 0 fully saturated rings. The Morgan fingerprint density at radius 2 is 2.06 bits per heavy atom. The van der Waals surface area contributed by atoms with Crippen molar-refractivity contribution in [1.29, 1.82) is 0 Å². The van der Waals surface area contributed by atoms with E-state index in [1.54, 1.807) is 7.11 Å². The maximum Gasteiger partial charge on any atom is 0.0589 e. The van der Waals surface area contributed by atoms with Gasteiger partial charge in [0.2, 0.25) is 0 Å². The number of likely N-dealkylation sites (N-methyl/N-ethyl adjacent to an activating group) is 2. The SMILES string of the molecule is CNC(CN(C)CCOC)c1cc(C)ccc1C. The van der Waals surface area contributed by atoms with Crippen LogP contribution in [0.1, 0.15) is 22.7 Å². The van der Waals surface area contributed by atoms with E-state index >= 15 is 0 Å². The molecule has 1 aromatic carbocycles. The Balaban J connectivity index is 2.73. The van der Waals surface area contributed by atoms with E-state index in [1.807, 2.05) is 7.05 Å². The number of methoxy groups -OCH3 is 1. The fourth-order valence-corrected chi connectivity index (χ4v) is 2.13. The molecular weight excluding hydrogens is 224 g/mol. The molecule has 0 radical (unpaired) electrons. The highest BCUT2D eigenvalue weighted by Gasteiger charge is 2.14. The number of hydrogen-bond donors (Lipinski definition) is 1. The van der Waals surface area contributed by atoms with Gasteiger partial charge in [0, 0.05) is 26.2 Å². The summed E-state index contributed by atoms with van der Waals surface area (Å²) >= 11 is 0. The molecule has 0 heterocycles. The number of benzene rings is 1. The van der Waals surface area contributed by atoms with Crippen LogP contribution in [-0.4, -0.2) is 45.8 Å². The van der Waals surface area contributed by atoms with Crippen molar-refractivity contribution in [2.75, 3.05) is 40.9 Å². The van der Waals surface area contributed by atoms with Gasteiger partial charge < -0.3 is 15.0 Å². The van der Waals surface area contributed by atoms with Crippen LogP contribution in [0.3, 0.4) is 0 Å². The number of nitrogens with zero attached hydrogens (tertiary/aromatic N) is 1. The van der Waals surface area contributed by atoms with Crippen molar-refractivity contribution < 1.29 is 4.74 Å². The Kier molecular flexibility index (Phi) is 6.33. The monoisotopic (exact) mass is 250 g/mol. The average molecular weight is 250 g/mol. The normalized spacial score (nSPS) is 13.0. The van der Waals surface area contributed by atoms with Crippen molar-refractivity contribution in [3.8, 4) is 0 Å². The molecule has 0 spiro atoms. The van der Waals surface area contributed by atoms with E-state index in [1.165, 1.54) is 16.7 Å². The van der Waals surface area contributed by atoms with E-state index in [9.17, 15) is 0 Å². The van der Waals surface area contributed by atoms with Gasteiger partial charge >= 0.3 is 0 Å². The summed E-state index contributed by atoms with van der Waals surface area (Å²) in [6.07, 6.45) is 0. The second kappa shape index (κ2) is 7.52. The van der Waals surface area contributed by atoms with Crippen molar-refractivity contribution in [1.82, 2.24) is 10.2 Å². The fourth-order valence-electron chi connectivity index (χ4n) is 2.13. The molecule has 0 saturated heterocycles. The Bertz CT molecular complexity index is 366. The molecule has 0 aromatic heterocycles. The molecule has 18 heavy (non-hydrogen) atoms. The Labute approximate surface area is 111 Å². The molecular formula is C15H26N2O. The Morgan fingerprint density at radius 3 is 2.67 bits per heavy atom. The molecule has 1 N–H and O–H groups in total. The average Bonchev–Trinajstić information content (AvgIpc) is 2.36. The molecule has 102 valence electrons. The summed E-state index contributed by atoms with van der Waals surface area (Å²) in [4.78, 5) is 2.30. The lowest BCUT2D eigenvalue weighted by molar-refractivity contribution is 0.156. The highest BCUT2D eigenvalue weighted by atomic mass is 16.5. The third-order valence-electron chi connectivity index (χ3n) is 3.33. The molecule has 1 unspecified atom stereocenters. The first-order valence-electron chi connectivity index (χ1n) is 6.50. The Morgan fingerprint density at radius 1 is 1.33 bits per heavy atom. The molecule has 0 aliphatic carbocycles. The minimum absolute atomic E-state index is 0.367. The summed E-state index contributed by atoms with van der Waals surface area (Å²) in [5.41, 5.74) is 4.05. The molecule has 0 aliphatic heterocycles. The first kappa shape index (κ1) is 15.2. The summed E-state index contributed by atoms with van der Waals surface area (Å²) in [6, 6.07) is 7.01. The molecule has 1 rings (SSSR count). The summed E-state index contributed by atoms with van der Waals surface area (Å²) in [7, 11) is 5.90. The molecule has 0 aliphatic rings. The lowest BCUT2D eigenvalue weighted by Crippen LogP contribution is -2.33. The molecule has 1 aromatic rings. The van der Waals surface area contributed by atoms with Gasteiger partial charge in [0.1, 0.15) is 0 Å². The van der Waals surface area contributed by atoms with Crippen LogP contribution >= 0.6 is 0 Å². The smallest absolute Gasteiger partial charge is 0.0589 e. The van der Waals surface area contributed by atoms with E-state index in [4.69, 9.17) is 4.74 Å². The van der Waals surface area contributed by atoms with E-state index in [0.717, 1.165) is 19.7 Å². The minimum Gasteiger partial charge on any atom is -0.383 e. The molecule has 0 bridgehead atoms. The zero-order valence-electron chi connectivity index (χ0n) is 12.3. The third kappa shape index (κ3) is 4.41. The van der Waals surface area contributed by atoms with Gasteiger partial charge in [-0.3, -0.25) is 0 Å². The largest absolute Gasteiger partial charge is 0.383 e. The predicted octanol–water partition coefficient (Wildman–Crippen LogP) is 2.14. The number of rotatable bonds is 7. The van der Waals surface area contributed by atoms with E-state index in [0.29, 0.717) is 6.04 Å². The van der Waals surface area contributed by atoms with Gasteiger partial charge in [0.05, 0.1) is 6.61 Å². The molecule has 0 saturated carbocycles. The summed E-state index contributed by atoms with van der Waals surface area (Å²) in [6.45, 7) is 7.04. The lowest BCUT2D eigenvalue weighted by Gasteiger charge is -2.25. The highest BCUT2D eigenvalue weighted by molar-refractivity contribution is 5.33. The molecule has 1 atom stereocenters. The van der Waals surface area contributed by atoms with Crippen LogP contribution in [-0.2, 0) is 4.74 Å². The molecule has 3 nitrogen and oxygen atoms in total. The summed E-state index contributed by atoms with van der Waals surface area (Å²) in [5, 5.41) is 3.41. The van der Waals surface area contributed by atoms with Crippen LogP contribution in [0, 0.1) is 13.8 Å². The van der Waals surface area contributed by atoms with Gasteiger partial charge in [-0.15, -0.1) is 0 Å². The van der Waals surface area contributed by atoms with Crippen LogP contribution in [0.5, 0.6) is 0 Å². The van der Waals surface area contributed by atoms with Crippen LogP contribution < -0.4 is 5.32 Å². The standard InChI is InChI=1S/C15H26N2O/c1-12-6-7-13(2)14(10-12)15(16-3)11-17(4)8-9-18-5/h6-7,10,15-16H,8-9,11H2,1-5H3. The van der Waals surface area contributed by atoms with Crippen molar-refractivity contribution in [2.45, 2.75) is 19.9 Å². The van der Waals surface area contributed by atoms with Crippen LogP contribution in [0.15, 0.2) is 18.2 Å². The van der Waals surface area contributed by atoms with Gasteiger partial charge in [-0.25, -0.2) is 0 Å². The number of nitrogens with one attached hydrogen (secondary N) is 1. The number of hydrogen-bond acceptors (Lipinski definition) is 3. The Hall–Kier alpha value is -0.900.